The normalized spacial score (nSPS) is 14.1. The summed E-state index contributed by atoms with van der Waals surface area (Å²) in [6, 6.07) is 18.4. The molecule has 0 radical (unpaired) electrons. The monoisotopic (exact) mass is 461 g/mol. The summed E-state index contributed by atoms with van der Waals surface area (Å²) in [6.07, 6.45) is 5.93. The summed E-state index contributed by atoms with van der Waals surface area (Å²) in [6.45, 7) is 6.54. The number of benzene rings is 2. The van der Waals surface area contributed by atoms with Gasteiger partial charge < -0.3 is 14.5 Å². The number of fused-ring (bicyclic) bond motifs is 1. The van der Waals surface area contributed by atoms with Gasteiger partial charge in [-0.25, -0.2) is 9.50 Å². The predicted molar refractivity (Wildman–Crippen MR) is 135 cm³/mol. The van der Waals surface area contributed by atoms with Gasteiger partial charge in [0.2, 0.25) is 0 Å². The molecule has 0 amide bonds. The first-order valence-corrected chi connectivity index (χ1v) is 11.9. The van der Waals surface area contributed by atoms with E-state index in [1.54, 1.807) is 0 Å². The highest BCUT2D eigenvalue weighted by atomic mass is 35.5. The van der Waals surface area contributed by atoms with Crippen LogP contribution in [0.25, 0.3) is 16.8 Å². The number of nitrogens with zero attached hydrogens (tertiary/aromatic N) is 5. The van der Waals surface area contributed by atoms with Crippen LogP contribution in [-0.4, -0.2) is 47.4 Å². The molecule has 2 aromatic heterocycles. The number of hydrogen-bond acceptors (Lipinski definition) is 5. The molecule has 1 saturated heterocycles. The maximum Gasteiger partial charge on any atom is 0.154 e. The summed E-state index contributed by atoms with van der Waals surface area (Å²) in [5.41, 5.74) is 4.19. The largest absolute Gasteiger partial charge is 0.494 e. The SMILES string of the molecule is CCCCOc1ccc(-c2cc3c(N4CCN(c5cccc(Cl)c5)CC4)nccn3n2)cc1. The molecule has 7 heteroatoms. The van der Waals surface area contributed by atoms with Gasteiger partial charge in [-0.15, -0.1) is 0 Å². The molecule has 0 N–H and O–H groups in total. The van der Waals surface area contributed by atoms with Gasteiger partial charge in [0, 0.05) is 54.8 Å². The molecule has 1 fully saturated rings. The molecule has 2 aromatic carbocycles. The van der Waals surface area contributed by atoms with Gasteiger partial charge in [-0.1, -0.05) is 31.0 Å². The fourth-order valence-corrected chi connectivity index (χ4v) is 4.38. The molecule has 4 aromatic rings. The summed E-state index contributed by atoms with van der Waals surface area (Å²) < 4.78 is 7.71. The Labute approximate surface area is 199 Å². The Morgan fingerprint density at radius 3 is 2.52 bits per heavy atom. The lowest BCUT2D eigenvalue weighted by molar-refractivity contribution is 0.309. The first-order chi connectivity index (χ1) is 16.2. The van der Waals surface area contributed by atoms with E-state index in [1.165, 1.54) is 5.69 Å². The van der Waals surface area contributed by atoms with Crippen LogP contribution >= 0.6 is 11.6 Å². The Morgan fingerprint density at radius 2 is 1.76 bits per heavy atom. The highest BCUT2D eigenvalue weighted by molar-refractivity contribution is 6.30. The topological polar surface area (TPSA) is 45.9 Å². The molecular weight excluding hydrogens is 434 g/mol. The van der Waals surface area contributed by atoms with E-state index >= 15 is 0 Å². The average Bonchev–Trinajstić information content (AvgIpc) is 3.29. The number of piperazine rings is 1. The molecule has 33 heavy (non-hydrogen) atoms. The van der Waals surface area contributed by atoms with Crippen LogP contribution in [0.1, 0.15) is 19.8 Å². The first-order valence-electron chi connectivity index (χ1n) is 11.5. The van der Waals surface area contributed by atoms with Gasteiger partial charge in [0.25, 0.3) is 0 Å². The maximum absolute atomic E-state index is 6.18. The summed E-state index contributed by atoms with van der Waals surface area (Å²) in [4.78, 5) is 9.42. The van der Waals surface area contributed by atoms with Gasteiger partial charge in [0.15, 0.2) is 5.82 Å². The number of anilines is 2. The fraction of sp³-hybridized carbons (Fsp3) is 0.308. The molecule has 3 heterocycles. The molecule has 1 aliphatic heterocycles. The highest BCUT2D eigenvalue weighted by Crippen LogP contribution is 2.28. The van der Waals surface area contributed by atoms with E-state index in [2.05, 4.69) is 41.0 Å². The summed E-state index contributed by atoms with van der Waals surface area (Å²) >= 11 is 6.18. The Balaban J connectivity index is 1.32. The molecular formula is C26H28ClN5O. The molecule has 170 valence electrons. The van der Waals surface area contributed by atoms with Gasteiger partial charge in [-0.05, 0) is 55.0 Å². The minimum Gasteiger partial charge on any atom is -0.494 e. The third-order valence-corrected chi connectivity index (χ3v) is 6.27. The zero-order chi connectivity index (χ0) is 22.6. The molecule has 0 atom stereocenters. The molecule has 0 bridgehead atoms. The van der Waals surface area contributed by atoms with Gasteiger partial charge in [-0.2, -0.15) is 5.10 Å². The zero-order valence-corrected chi connectivity index (χ0v) is 19.6. The van der Waals surface area contributed by atoms with Crippen LogP contribution in [0.4, 0.5) is 11.5 Å². The highest BCUT2D eigenvalue weighted by Gasteiger charge is 2.21. The average molecular weight is 462 g/mol. The number of hydrogen-bond donors (Lipinski definition) is 0. The van der Waals surface area contributed by atoms with Crippen LogP contribution in [0.5, 0.6) is 5.75 Å². The Morgan fingerprint density at radius 1 is 0.970 bits per heavy atom. The quantitative estimate of drug-likeness (QED) is 0.337. The standard InChI is InChI=1S/C26H28ClN5O/c1-2-3-17-33-23-9-7-20(8-10-23)24-19-25-26(28-11-12-32(25)29-24)31-15-13-30(14-16-31)22-6-4-5-21(27)18-22/h4-12,18-19H,2-3,13-17H2,1H3. The second kappa shape index (κ2) is 9.71. The second-order valence-corrected chi connectivity index (χ2v) is 8.73. The van der Waals surface area contributed by atoms with Crippen LogP contribution < -0.4 is 14.5 Å². The summed E-state index contributed by atoms with van der Waals surface area (Å²) in [5, 5.41) is 5.57. The third-order valence-electron chi connectivity index (χ3n) is 6.04. The minimum absolute atomic E-state index is 0.754. The van der Waals surface area contributed by atoms with E-state index < -0.39 is 0 Å². The predicted octanol–water partition coefficient (Wildman–Crippen LogP) is 5.56. The van der Waals surface area contributed by atoms with Crippen molar-refractivity contribution in [2.24, 2.45) is 0 Å². The van der Waals surface area contributed by atoms with E-state index in [9.17, 15) is 0 Å². The van der Waals surface area contributed by atoms with Gasteiger partial charge in [0.1, 0.15) is 11.3 Å². The van der Waals surface area contributed by atoms with Gasteiger partial charge >= 0.3 is 0 Å². The van der Waals surface area contributed by atoms with Crippen molar-refractivity contribution >= 4 is 28.6 Å². The second-order valence-electron chi connectivity index (χ2n) is 8.29. The van der Waals surface area contributed by atoms with E-state index in [4.69, 9.17) is 26.4 Å². The molecule has 1 aliphatic rings. The molecule has 0 spiro atoms. The van der Waals surface area contributed by atoms with Crippen molar-refractivity contribution in [2.45, 2.75) is 19.8 Å². The van der Waals surface area contributed by atoms with Crippen molar-refractivity contribution in [1.82, 2.24) is 14.6 Å². The van der Waals surface area contributed by atoms with Crippen molar-refractivity contribution in [3.8, 4) is 17.0 Å². The van der Waals surface area contributed by atoms with Crippen molar-refractivity contribution < 1.29 is 4.74 Å². The number of aromatic nitrogens is 3. The van der Waals surface area contributed by atoms with Crippen molar-refractivity contribution in [3.63, 3.8) is 0 Å². The lowest BCUT2D eigenvalue weighted by atomic mass is 10.1. The van der Waals surface area contributed by atoms with Crippen LogP contribution in [0.3, 0.4) is 0 Å². The zero-order valence-electron chi connectivity index (χ0n) is 18.8. The fourth-order valence-electron chi connectivity index (χ4n) is 4.20. The smallest absolute Gasteiger partial charge is 0.154 e. The number of unbranched alkanes of at least 4 members (excludes halogenated alkanes) is 1. The Hall–Kier alpha value is -3.25. The lowest BCUT2D eigenvalue weighted by Crippen LogP contribution is -2.47. The van der Waals surface area contributed by atoms with Crippen LogP contribution in [0.2, 0.25) is 5.02 Å². The summed E-state index contributed by atoms with van der Waals surface area (Å²) in [5.74, 6) is 1.87. The number of halogens is 1. The maximum atomic E-state index is 6.18. The summed E-state index contributed by atoms with van der Waals surface area (Å²) in [7, 11) is 0. The first kappa shape index (κ1) is 21.6. The van der Waals surface area contributed by atoms with Crippen molar-refractivity contribution in [3.05, 3.63) is 72.0 Å². The molecule has 0 aliphatic carbocycles. The number of ether oxygens (including phenoxy) is 1. The molecule has 5 rings (SSSR count). The van der Waals surface area contributed by atoms with E-state index in [-0.39, 0.29) is 0 Å². The van der Waals surface area contributed by atoms with E-state index in [1.807, 2.05) is 47.2 Å². The van der Waals surface area contributed by atoms with E-state index in [0.717, 1.165) is 79.0 Å². The van der Waals surface area contributed by atoms with Gasteiger partial charge in [-0.3, -0.25) is 0 Å². The molecule has 6 nitrogen and oxygen atoms in total. The van der Waals surface area contributed by atoms with Crippen molar-refractivity contribution in [1.29, 1.82) is 0 Å². The van der Waals surface area contributed by atoms with Crippen molar-refractivity contribution in [2.75, 3.05) is 42.6 Å². The lowest BCUT2D eigenvalue weighted by Gasteiger charge is -2.36. The van der Waals surface area contributed by atoms with Crippen LogP contribution in [0, 0.1) is 0 Å². The Kier molecular flexibility index (Phi) is 6.35. The van der Waals surface area contributed by atoms with Crippen LogP contribution in [0.15, 0.2) is 67.0 Å². The molecule has 0 unspecified atom stereocenters. The minimum atomic E-state index is 0.754. The van der Waals surface area contributed by atoms with Gasteiger partial charge in [0.05, 0.1) is 12.3 Å². The van der Waals surface area contributed by atoms with Crippen LogP contribution in [-0.2, 0) is 0 Å². The molecule has 0 saturated carbocycles. The Bertz CT molecular complexity index is 1220. The third kappa shape index (κ3) is 4.76. The number of rotatable bonds is 7. The van der Waals surface area contributed by atoms with E-state index in [0.29, 0.717) is 0 Å².